The molecular weight excluding hydrogens is 1010 g/mol. The second-order valence-corrected chi connectivity index (χ2v) is 22.5. The smallest absolute Gasteiger partial charge is 0.386 e. The molecule has 22 nitrogen and oxygen atoms in total. The van der Waals surface area contributed by atoms with E-state index in [1.807, 2.05) is 18.2 Å². The summed E-state index contributed by atoms with van der Waals surface area (Å²) in [6, 6.07) is 19.3. The Morgan fingerprint density at radius 2 is 1.69 bits per heavy atom. The molecule has 3 aromatic carbocycles. The van der Waals surface area contributed by atoms with Gasteiger partial charge in [-0.1, -0.05) is 51.0 Å². The van der Waals surface area contributed by atoms with E-state index in [0.717, 1.165) is 72.7 Å². The van der Waals surface area contributed by atoms with E-state index in [1.54, 1.807) is 11.9 Å². The average Bonchev–Trinajstić information content (AvgIpc) is 3.90. The molecule has 0 radical (unpaired) electrons. The first-order valence-electron chi connectivity index (χ1n) is 25.3. The van der Waals surface area contributed by atoms with Crippen molar-refractivity contribution in [3.8, 4) is 0 Å². The summed E-state index contributed by atoms with van der Waals surface area (Å²) >= 11 is 0. The van der Waals surface area contributed by atoms with Crippen LogP contribution in [0.3, 0.4) is 0 Å². The van der Waals surface area contributed by atoms with Crippen LogP contribution in [0, 0.1) is 0 Å². The number of fused-ring (bicyclic) bond motifs is 4. The van der Waals surface area contributed by atoms with Crippen LogP contribution in [0.2, 0.25) is 0 Å². The van der Waals surface area contributed by atoms with E-state index in [-0.39, 0.29) is 46.6 Å². The highest BCUT2D eigenvalue weighted by molar-refractivity contribution is 7.46. The highest BCUT2D eigenvalue weighted by Crippen LogP contribution is 2.47. The number of anilines is 3. The van der Waals surface area contributed by atoms with E-state index >= 15 is 0 Å². The number of nitrogen functional groups attached to an aromatic ring is 1. The maximum absolute atomic E-state index is 14.5. The van der Waals surface area contributed by atoms with Crippen LogP contribution in [0.15, 0.2) is 60.9 Å². The zero-order valence-corrected chi connectivity index (χ0v) is 45.0. The van der Waals surface area contributed by atoms with Gasteiger partial charge in [-0.25, -0.2) is 28.7 Å². The molecule has 2 amide bonds. The summed E-state index contributed by atoms with van der Waals surface area (Å²) in [5.41, 5.74) is 14.6. The number of carbonyl (C=O) groups is 2. The predicted octanol–water partition coefficient (Wildman–Crippen LogP) is 3.30. The van der Waals surface area contributed by atoms with Gasteiger partial charge in [-0.2, -0.15) is 0 Å². The number of phosphoric ester groups is 2. The fourth-order valence-corrected chi connectivity index (χ4v) is 11.4. The van der Waals surface area contributed by atoms with E-state index in [1.165, 1.54) is 26.6 Å². The van der Waals surface area contributed by atoms with Gasteiger partial charge in [0, 0.05) is 81.9 Å². The highest BCUT2D eigenvalue weighted by Gasteiger charge is 2.50. The number of phosphoric acid groups is 2. The fourth-order valence-electron chi connectivity index (χ4n) is 10.5. The molecule has 8 rings (SSSR count). The summed E-state index contributed by atoms with van der Waals surface area (Å²) in [6.45, 7) is 9.15. The summed E-state index contributed by atoms with van der Waals surface area (Å²) in [5, 5.41) is 19.8. The first kappa shape index (κ1) is 55.6. The molecule has 0 bridgehead atoms. The number of nitrogens with zero attached hydrogens (tertiary/aromatic N) is 7. The lowest BCUT2D eigenvalue weighted by Crippen LogP contribution is -2.43. The van der Waals surface area contributed by atoms with Crippen LogP contribution in [0.4, 0.5) is 17.5 Å². The van der Waals surface area contributed by atoms with E-state index in [0.29, 0.717) is 44.5 Å². The summed E-state index contributed by atoms with van der Waals surface area (Å²) in [4.78, 5) is 81.5. The number of ether oxygens (including phenoxy) is 1. The number of benzene rings is 3. The van der Waals surface area contributed by atoms with Crippen molar-refractivity contribution in [2.24, 2.45) is 0 Å². The molecule has 1 fully saturated rings. The standard InChI is InChI=1S/C51H68N10O12P2/c1-7-60-25-14-16-31-26-36-38(28-39(31)60)51(2,3)37-27-32(58(4)5)20-21-35(37)42(36)33-17-10-11-18-34(33)48(64)59(6)24-15-19-41(62)53-22-12-8-9-13-23-54-50-57-43-46(52)55-30-56-47(43)61(50)49-44(63)45(73-75(68,69)70)40(72-49)29-71-74(65,66)67/h10-11,17-18,20-21,26-28,30,40,44-45,49,52,63H,7-9,12-16,19,22-25,29H2,1-6H3,(H6,53,62,64,65,66,67,68,69,70)/p+1/t40-,44-,45-,49-/m1/s1. The number of hydrogen-bond donors (Lipinski definition) is 8. The Labute approximate surface area is 435 Å². The maximum Gasteiger partial charge on any atom is 0.470 e. The molecule has 9 N–H and O–H groups in total. The molecule has 24 heteroatoms. The molecule has 0 spiro atoms. The van der Waals surface area contributed by atoms with Crippen molar-refractivity contribution in [3.05, 3.63) is 105 Å². The monoisotopic (exact) mass is 1080 g/mol. The Hall–Kier alpha value is -5.64. The minimum atomic E-state index is -5.23. The Balaban J connectivity index is 0.853. The largest absolute Gasteiger partial charge is 0.470 e. The number of carbonyl (C=O) groups excluding carboxylic acids is 2. The van der Waals surface area contributed by atoms with Gasteiger partial charge in [-0.05, 0) is 89.9 Å². The van der Waals surface area contributed by atoms with Crippen molar-refractivity contribution in [2.45, 2.75) is 102 Å². The summed E-state index contributed by atoms with van der Waals surface area (Å²) in [7, 11) is -4.38. The van der Waals surface area contributed by atoms with Crippen LogP contribution < -0.4 is 36.4 Å². The third-order valence-electron chi connectivity index (χ3n) is 14.3. The normalized spacial score (nSPS) is 19.1. The van der Waals surface area contributed by atoms with E-state index in [2.05, 4.69) is 111 Å². The van der Waals surface area contributed by atoms with Crippen LogP contribution in [0.25, 0.3) is 16.7 Å². The number of nitrogens with one attached hydrogen (secondary N) is 2. The van der Waals surface area contributed by atoms with Gasteiger partial charge in [0.15, 0.2) is 23.2 Å². The summed E-state index contributed by atoms with van der Waals surface area (Å²) in [6.07, 6.45) is 0.291. The molecular formula is C51H69N10O12P2+. The van der Waals surface area contributed by atoms with Gasteiger partial charge in [-0.15, -0.1) is 0 Å². The molecule has 0 saturated carbocycles. The first-order valence-corrected chi connectivity index (χ1v) is 28.4. The van der Waals surface area contributed by atoms with E-state index in [9.17, 15) is 43.4 Å². The van der Waals surface area contributed by atoms with Gasteiger partial charge < -0.3 is 55.6 Å². The lowest BCUT2D eigenvalue weighted by atomic mass is 9.68. The number of aliphatic hydroxyl groups is 1. The molecule has 1 saturated heterocycles. The molecule has 75 heavy (non-hydrogen) atoms. The maximum atomic E-state index is 14.5. The lowest BCUT2D eigenvalue weighted by Gasteiger charge is -2.36. The van der Waals surface area contributed by atoms with Crippen LogP contribution >= 0.6 is 15.6 Å². The molecule has 3 aliphatic rings. The van der Waals surface area contributed by atoms with Crippen LogP contribution in [-0.4, -0.2) is 140 Å². The Morgan fingerprint density at radius 3 is 2.41 bits per heavy atom. The molecule has 4 atom stereocenters. The van der Waals surface area contributed by atoms with Crippen LogP contribution in [0.1, 0.15) is 110 Å². The number of imidazole rings is 1. The van der Waals surface area contributed by atoms with Crippen molar-refractivity contribution in [1.82, 2.24) is 34.3 Å². The molecule has 404 valence electrons. The van der Waals surface area contributed by atoms with Gasteiger partial charge in [-0.3, -0.25) is 23.2 Å². The number of amides is 2. The van der Waals surface area contributed by atoms with Gasteiger partial charge >= 0.3 is 15.6 Å². The Morgan fingerprint density at radius 1 is 0.947 bits per heavy atom. The van der Waals surface area contributed by atoms with Crippen molar-refractivity contribution in [1.29, 1.82) is 0 Å². The summed E-state index contributed by atoms with van der Waals surface area (Å²) < 4.78 is 42.1. The Bertz CT molecular complexity index is 3180. The lowest BCUT2D eigenvalue weighted by molar-refractivity contribution is -0.121. The molecule has 2 aromatic heterocycles. The van der Waals surface area contributed by atoms with Gasteiger partial charge in [0.05, 0.1) is 6.61 Å². The molecule has 5 aromatic rings. The van der Waals surface area contributed by atoms with Crippen molar-refractivity contribution >= 4 is 61.7 Å². The third kappa shape index (κ3) is 12.3. The first-order chi connectivity index (χ1) is 35.6. The molecule has 2 aliphatic heterocycles. The number of aromatic nitrogens is 4. The van der Waals surface area contributed by atoms with E-state index < -0.39 is 46.8 Å². The number of aryl methyl sites for hydroxylation is 1. The SMILES string of the molecule is CC[N+]1=c2cc3c(cc2CCC1)=C(c1ccccc1C(=O)N(C)CCCC(=O)NCCCCCCNc1nc2c(N)ncnc2n1[C@@H]1O[C@H](COP(=O)(O)O)[C@@H](OP(=O)(O)O)[C@H]1O)c1ccc(N(C)C)cc1C3(C)C. The van der Waals surface area contributed by atoms with Crippen molar-refractivity contribution < 1.29 is 57.2 Å². The van der Waals surface area contributed by atoms with Gasteiger partial charge in [0.25, 0.3) is 5.91 Å². The van der Waals surface area contributed by atoms with Gasteiger partial charge in [0.1, 0.15) is 37.7 Å². The number of unbranched alkanes of at least 4 members (excludes halogenated alkanes) is 3. The average molecular weight is 1080 g/mol. The van der Waals surface area contributed by atoms with Crippen molar-refractivity contribution in [2.75, 3.05) is 76.4 Å². The number of nitrogens with two attached hydrogens (primary N) is 1. The topological polar surface area (TPSA) is 300 Å². The predicted molar refractivity (Wildman–Crippen MR) is 282 cm³/mol. The van der Waals surface area contributed by atoms with Crippen LogP contribution in [0.5, 0.6) is 0 Å². The second-order valence-electron chi connectivity index (χ2n) is 20.0. The summed E-state index contributed by atoms with van der Waals surface area (Å²) in [5.74, 6) is -0.100. The molecule has 4 heterocycles. The second kappa shape index (κ2) is 22.9. The quantitative estimate of drug-likeness (QED) is 0.0280. The van der Waals surface area contributed by atoms with E-state index in [4.69, 9.17) is 15.0 Å². The highest BCUT2D eigenvalue weighted by atomic mass is 31.2. The third-order valence-corrected chi connectivity index (χ3v) is 15.3. The number of rotatable bonds is 22. The van der Waals surface area contributed by atoms with Crippen LogP contribution in [-0.2, 0) is 39.5 Å². The fraction of sp³-hybridized carbons (Fsp3) is 0.490. The Kier molecular flexibility index (Phi) is 17.0. The van der Waals surface area contributed by atoms with Crippen molar-refractivity contribution in [3.63, 3.8) is 0 Å². The number of aliphatic hydroxyl groups excluding tert-OH is 1. The minimum absolute atomic E-state index is 0.000688. The molecule has 0 unspecified atom stereocenters. The zero-order valence-electron chi connectivity index (χ0n) is 43.2. The molecule has 1 aliphatic carbocycles. The minimum Gasteiger partial charge on any atom is -0.386 e. The zero-order chi connectivity index (χ0) is 54.0. The van der Waals surface area contributed by atoms with Gasteiger partial charge in [0.2, 0.25) is 17.2 Å². The number of hydrogen-bond acceptors (Lipinski definition) is 14.